The molecule has 2 aromatic rings. The SMILES string of the molecule is COC(=O)COc1c(/C=C2/SC(=O)N(Cc3c(F)cccc3Cl)C2=O)cccc1OC. The number of halogens is 2. The van der Waals surface area contributed by atoms with Crippen LogP contribution in [-0.2, 0) is 20.9 Å². The number of nitrogens with zero attached hydrogens (tertiary/aromatic N) is 1. The summed E-state index contributed by atoms with van der Waals surface area (Å²) in [5, 5.41) is -0.440. The summed E-state index contributed by atoms with van der Waals surface area (Å²) in [7, 11) is 2.66. The zero-order valence-electron chi connectivity index (χ0n) is 16.5. The van der Waals surface area contributed by atoms with Crippen molar-refractivity contribution >= 4 is 46.6 Å². The second kappa shape index (κ2) is 9.84. The molecule has 1 saturated heterocycles. The first-order valence-electron chi connectivity index (χ1n) is 8.90. The van der Waals surface area contributed by atoms with Gasteiger partial charge in [0.1, 0.15) is 5.82 Å². The molecule has 0 aliphatic carbocycles. The molecule has 0 aromatic heterocycles. The van der Waals surface area contributed by atoms with E-state index >= 15 is 0 Å². The van der Waals surface area contributed by atoms with Gasteiger partial charge in [-0.25, -0.2) is 9.18 Å². The Balaban J connectivity index is 1.90. The highest BCUT2D eigenvalue weighted by molar-refractivity contribution is 8.18. The Morgan fingerprint density at radius 2 is 1.94 bits per heavy atom. The van der Waals surface area contributed by atoms with Crippen molar-refractivity contribution in [1.29, 1.82) is 0 Å². The van der Waals surface area contributed by atoms with Crippen LogP contribution in [0, 0.1) is 5.82 Å². The van der Waals surface area contributed by atoms with Crippen molar-refractivity contribution in [3.63, 3.8) is 0 Å². The van der Waals surface area contributed by atoms with Gasteiger partial charge < -0.3 is 14.2 Å². The molecule has 0 bridgehead atoms. The Morgan fingerprint density at radius 3 is 2.61 bits per heavy atom. The molecule has 0 radical (unpaired) electrons. The maximum absolute atomic E-state index is 14.1. The van der Waals surface area contributed by atoms with Gasteiger partial charge in [-0.05, 0) is 36.0 Å². The van der Waals surface area contributed by atoms with Crippen molar-refractivity contribution in [3.8, 4) is 11.5 Å². The fourth-order valence-corrected chi connectivity index (χ4v) is 3.82. The summed E-state index contributed by atoms with van der Waals surface area (Å²) in [6, 6.07) is 9.05. The molecule has 162 valence electrons. The Bertz CT molecular complexity index is 1050. The van der Waals surface area contributed by atoms with Crippen LogP contribution in [0.4, 0.5) is 9.18 Å². The summed E-state index contributed by atoms with van der Waals surface area (Å²) in [5.74, 6) is -1.27. The predicted octanol–water partition coefficient (Wildman–Crippen LogP) is 4.28. The Labute approximate surface area is 186 Å². The number of imide groups is 1. The minimum absolute atomic E-state index is 0.0520. The average molecular weight is 466 g/mol. The standard InChI is InChI=1S/C21H17ClFNO6S/c1-28-16-8-3-5-12(19(16)30-11-18(25)29-2)9-17-20(26)24(21(27)31-17)10-13-14(22)6-4-7-15(13)23/h3-9H,10-11H2,1-2H3/b17-9+. The predicted molar refractivity (Wildman–Crippen MR) is 113 cm³/mol. The highest BCUT2D eigenvalue weighted by atomic mass is 35.5. The van der Waals surface area contributed by atoms with Crippen LogP contribution in [0.1, 0.15) is 11.1 Å². The molecule has 10 heteroatoms. The van der Waals surface area contributed by atoms with Gasteiger partial charge in [-0.1, -0.05) is 29.8 Å². The van der Waals surface area contributed by atoms with Gasteiger partial charge in [0.15, 0.2) is 18.1 Å². The molecule has 0 saturated carbocycles. The van der Waals surface area contributed by atoms with Crippen LogP contribution in [0.5, 0.6) is 11.5 Å². The molecule has 31 heavy (non-hydrogen) atoms. The molecular weight excluding hydrogens is 449 g/mol. The van der Waals surface area contributed by atoms with Crippen LogP contribution in [0.3, 0.4) is 0 Å². The van der Waals surface area contributed by atoms with Gasteiger partial charge in [0.05, 0.1) is 25.7 Å². The van der Waals surface area contributed by atoms with Gasteiger partial charge in [0, 0.05) is 16.1 Å². The number of benzene rings is 2. The maximum atomic E-state index is 14.1. The van der Waals surface area contributed by atoms with E-state index in [0.29, 0.717) is 23.1 Å². The molecule has 1 fully saturated rings. The van der Waals surface area contributed by atoms with Crippen molar-refractivity contribution in [3.05, 3.63) is 63.3 Å². The molecule has 0 spiro atoms. The van der Waals surface area contributed by atoms with E-state index in [4.69, 9.17) is 21.1 Å². The van der Waals surface area contributed by atoms with E-state index in [1.165, 1.54) is 38.5 Å². The highest BCUT2D eigenvalue weighted by Crippen LogP contribution is 2.38. The molecule has 0 atom stereocenters. The molecule has 1 aliphatic heterocycles. The summed E-state index contributed by atoms with van der Waals surface area (Å²) in [6.07, 6.45) is 1.45. The lowest BCUT2D eigenvalue weighted by molar-refractivity contribution is -0.143. The molecule has 3 rings (SSSR count). The number of ether oxygens (including phenoxy) is 3. The van der Waals surface area contributed by atoms with Crippen LogP contribution in [0.2, 0.25) is 5.02 Å². The summed E-state index contributed by atoms with van der Waals surface area (Å²) in [5.41, 5.74) is 0.467. The third-order valence-corrected chi connectivity index (χ3v) is 5.59. The van der Waals surface area contributed by atoms with Crippen LogP contribution < -0.4 is 9.47 Å². The van der Waals surface area contributed by atoms with Gasteiger partial charge in [-0.2, -0.15) is 0 Å². The number of methoxy groups -OCH3 is 2. The summed E-state index contributed by atoms with van der Waals surface area (Å²) in [6.45, 7) is -0.664. The summed E-state index contributed by atoms with van der Waals surface area (Å²) >= 11 is 6.72. The summed E-state index contributed by atoms with van der Waals surface area (Å²) < 4.78 is 29.4. The van der Waals surface area contributed by atoms with Crippen molar-refractivity contribution in [2.75, 3.05) is 20.8 Å². The number of thioether (sulfide) groups is 1. The van der Waals surface area contributed by atoms with Crippen LogP contribution in [0.25, 0.3) is 6.08 Å². The molecular formula is C21H17ClFNO6S. The maximum Gasteiger partial charge on any atom is 0.343 e. The zero-order valence-corrected chi connectivity index (χ0v) is 18.1. The van der Waals surface area contributed by atoms with Crippen molar-refractivity contribution in [2.24, 2.45) is 0 Å². The van der Waals surface area contributed by atoms with E-state index < -0.39 is 22.9 Å². The highest BCUT2D eigenvalue weighted by Gasteiger charge is 2.36. The fraction of sp³-hybridized carbons (Fsp3) is 0.190. The zero-order chi connectivity index (χ0) is 22.5. The molecule has 2 aromatic carbocycles. The van der Waals surface area contributed by atoms with E-state index in [0.717, 1.165) is 4.90 Å². The van der Waals surface area contributed by atoms with Gasteiger partial charge in [0.25, 0.3) is 11.1 Å². The average Bonchev–Trinajstić information content (AvgIpc) is 3.01. The molecule has 0 unspecified atom stereocenters. The normalized spacial score (nSPS) is 14.8. The third kappa shape index (κ3) is 5.00. The lowest BCUT2D eigenvalue weighted by Gasteiger charge is -2.14. The second-order valence-electron chi connectivity index (χ2n) is 6.21. The smallest absolute Gasteiger partial charge is 0.343 e. The van der Waals surface area contributed by atoms with Crippen LogP contribution in [0.15, 0.2) is 41.3 Å². The van der Waals surface area contributed by atoms with Gasteiger partial charge in [0.2, 0.25) is 0 Å². The fourth-order valence-electron chi connectivity index (χ4n) is 2.77. The Kier molecular flexibility index (Phi) is 7.19. The number of rotatable bonds is 7. The Morgan fingerprint density at radius 1 is 1.19 bits per heavy atom. The molecule has 1 heterocycles. The van der Waals surface area contributed by atoms with Gasteiger partial charge in [-0.15, -0.1) is 0 Å². The molecule has 0 N–H and O–H groups in total. The second-order valence-corrected chi connectivity index (χ2v) is 7.61. The minimum Gasteiger partial charge on any atom is -0.493 e. The monoisotopic (exact) mass is 465 g/mol. The van der Waals surface area contributed by atoms with Crippen molar-refractivity contribution in [2.45, 2.75) is 6.54 Å². The number of esters is 1. The van der Waals surface area contributed by atoms with E-state index in [-0.39, 0.29) is 34.4 Å². The first-order valence-corrected chi connectivity index (χ1v) is 10.1. The van der Waals surface area contributed by atoms with Gasteiger partial charge >= 0.3 is 5.97 Å². The third-order valence-electron chi connectivity index (χ3n) is 4.33. The molecule has 7 nitrogen and oxygen atoms in total. The topological polar surface area (TPSA) is 82.1 Å². The number of para-hydroxylation sites is 1. The first-order chi connectivity index (χ1) is 14.8. The number of carbonyl (C=O) groups is 3. The van der Waals surface area contributed by atoms with Crippen LogP contribution >= 0.6 is 23.4 Å². The molecule has 1 aliphatic rings. The number of carbonyl (C=O) groups excluding carboxylic acids is 3. The lowest BCUT2D eigenvalue weighted by Crippen LogP contribution is -2.28. The molecule has 2 amide bonds. The number of hydrogen-bond acceptors (Lipinski definition) is 7. The van der Waals surface area contributed by atoms with Gasteiger partial charge in [-0.3, -0.25) is 14.5 Å². The first kappa shape index (κ1) is 22.6. The number of amides is 2. The quantitative estimate of drug-likeness (QED) is 0.446. The van der Waals surface area contributed by atoms with E-state index in [2.05, 4.69) is 4.74 Å². The lowest BCUT2D eigenvalue weighted by atomic mass is 10.1. The van der Waals surface area contributed by atoms with Crippen LogP contribution in [-0.4, -0.2) is 42.8 Å². The van der Waals surface area contributed by atoms with Crippen molar-refractivity contribution in [1.82, 2.24) is 4.90 Å². The minimum atomic E-state index is -0.609. The number of hydrogen-bond donors (Lipinski definition) is 0. The summed E-state index contributed by atoms with van der Waals surface area (Å²) in [4.78, 5) is 37.7. The van der Waals surface area contributed by atoms with E-state index in [1.807, 2.05) is 0 Å². The Hall–Kier alpha value is -3.04. The largest absolute Gasteiger partial charge is 0.493 e. The van der Waals surface area contributed by atoms with E-state index in [9.17, 15) is 18.8 Å². The van der Waals surface area contributed by atoms with Crippen molar-refractivity contribution < 1.29 is 33.0 Å². The van der Waals surface area contributed by atoms with E-state index in [1.54, 1.807) is 18.2 Å².